The Kier molecular flexibility index (Phi) is 5.67. The van der Waals surface area contributed by atoms with Gasteiger partial charge in [-0.25, -0.2) is 9.37 Å². The molecule has 0 spiro atoms. The summed E-state index contributed by atoms with van der Waals surface area (Å²) in [7, 11) is 0. The highest BCUT2D eigenvalue weighted by Crippen LogP contribution is 2.32. The predicted octanol–water partition coefficient (Wildman–Crippen LogP) is 5.77. The molecule has 0 N–H and O–H groups in total. The van der Waals surface area contributed by atoms with Gasteiger partial charge < -0.3 is 0 Å². The largest absolute Gasteiger partial charge is 0.283 e. The molecule has 29 heavy (non-hydrogen) atoms. The molecule has 0 unspecified atom stereocenters. The molecule has 0 aliphatic carbocycles. The second-order valence-corrected chi connectivity index (χ2v) is 7.89. The van der Waals surface area contributed by atoms with Crippen molar-refractivity contribution >= 4 is 32.6 Å². The molecular weight excluding hydrogens is 383 g/mol. The highest BCUT2D eigenvalue weighted by atomic mass is 32.1. The van der Waals surface area contributed by atoms with E-state index in [0.29, 0.717) is 11.7 Å². The van der Waals surface area contributed by atoms with Crippen LogP contribution in [0.3, 0.4) is 0 Å². The number of fused-ring (bicyclic) bond motifs is 1. The normalized spacial score (nSPS) is 11.0. The maximum atomic E-state index is 13.2. The minimum Gasteiger partial charge on any atom is -0.283 e. The standard InChI is InChI=1S/C24H21FN2OS/c1-2-19-9-6-10-21-23(19)26-24(29-21)27(16-18-7-4-3-5-8-18)22(28)15-17-11-13-20(25)14-12-17/h3-14H,2,15-16H2,1H3. The van der Waals surface area contributed by atoms with E-state index in [9.17, 15) is 9.18 Å². The monoisotopic (exact) mass is 404 g/mol. The molecule has 0 bridgehead atoms. The van der Waals surface area contributed by atoms with Gasteiger partial charge in [-0.2, -0.15) is 0 Å². The first-order valence-corrected chi connectivity index (χ1v) is 10.4. The van der Waals surface area contributed by atoms with Crippen LogP contribution < -0.4 is 4.90 Å². The molecule has 0 aliphatic heterocycles. The Balaban J connectivity index is 1.69. The number of aryl methyl sites for hydroxylation is 1. The number of para-hydroxylation sites is 1. The lowest BCUT2D eigenvalue weighted by Gasteiger charge is -2.20. The van der Waals surface area contributed by atoms with Crippen molar-refractivity contribution in [3.8, 4) is 0 Å². The molecule has 1 aromatic heterocycles. The zero-order valence-corrected chi connectivity index (χ0v) is 17.0. The first-order chi connectivity index (χ1) is 14.1. The molecule has 0 saturated carbocycles. The van der Waals surface area contributed by atoms with Crippen molar-refractivity contribution in [1.29, 1.82) is 0 Å². The zero-order valence-electron chi connectivity index (χ0n) is 16.1. The highest BCUT2D eigenvalue weighted by Gasteiger charge is 2.21. The Hall–Kier alpha value is -3.05. The van der Waals surface area contributed by atoms with E-state index in [1.54, 1.807) is 17.0 Å². The second-order valence-electron chi connectivity index (χ2n) is 6.88. The Bertz CT molecular complexity index is 1120. The zero-order chi connectivity index (χ0) is 20.2. The number of aromatic nitrogens is 1. The van der Waals surface area contributed by atoms with Crippen molar-refractivity contribution in [1.82, 2.24) is 4.98 Å². The number of anilines is 1. The van der Waals surface area contributed by atoms with Crippen LogP contribution in [0, 0.1) is 5.82 Å². The summed E-state index contributed by atoms with van der Waals surface area (Å²) in [6, 6.07) is 22.1. The van der Waals surface area contributed by atoms with Crippen LogP contribution in [0.2, 0.25) is 0 Å². The van der Waals surface area contributed by atoms with E-state index < -0.39 is 0 Å². The summed E-state index contributed by atoms with van der Waals surface area (Å²) in [6.45, 7) is 2.55. The maximum Gasteiger partial charge on any atom is 0.233 e. The third-order valence-corrected chi connectivity index (χ3v) is 5.90. The summed E-state index contributed by atoms with van der Waals surface area (Å²) in [6.07, 6.45) is 1.09. The van der Waals surface area contributed by atoms with Crippen LogP contribution in [-0.2, 0) is 24.2 Å². The number of hydrogen-bond donors (Lipinski definition) is 0. The van der Waals surface area contributed by atoms with Gasteiger partial charge >= 0.3 is 0 Å². The molecule has 3 nitrogen and oxygen atoms in total. The molecule has 1 amide bonds. The lowest BCUT2D eigenvalue weighted by Crippen LogP contribution is -2.31. The number of carbonyl (C=O) groups is 1. The third-order valence-electron chi connectivity index (χ3n) is 4.86. The number of amides is 1. The fourth-order valence-corrected chi connectivity index (χ4v) is 4.33. The van der Waals surface area contributed by atoms with Crippen LogP contribution in [0.4, 0.5) is 9.52 Å². The molecule has 0 radical (unpaired) electrons. The Morgan fingerprint density at radius 1 is 0.966 bits per heavy atom. The van der Waals surface area contributed by atoms with Crippen molar-refractivity contribution in [2.45, 2.75) is 26.3 Å². The van der Waals surface area contributed by atoms with Crippen LogP contribution in [0.1, 0.15) is 23.6 Å². The van der Waals surface area contributed by atoms with Gasteiger partial charge in [-0.3, -0.25) is 9.69 Å². The topological polar surface area (TPSA) is 33.2 Å². The van der Waals surface area contributed by atoms with Gasteiger partial charge in [0.1, 0.15) is 5.82 Å². The lowest BCUT2D eigenvalue weighted by atomic mass is 10.1. The molecule has 3 aromatic carbocycles. The minimum atomic E-state index is -0.305. The van der Waals surface area contributed by atoms with E-state index in [-0.39, 0.29) is 18.1 Å². The minimum absolute atomic E-state index is 0.0578. The van der Waals surface area contributed by atoms with Gasteiger partial charge in [-0.15, -0.1) is 0 Å². The molecule has 4 rings (SSSR count). The molecule has 0 saturated heterocycles. The maximum absolute atomic E-state index is 13.2. The van der Waals surface area contributed by atoms with Crippen LogP contribution >= 0.6 is 11.3 Å². The van der Waals surface area contributed by atoms with Gasteiger partial charge in [0.25, 0.3) is 0 Å². The molecule has 4 aromatic rings. The molecule has 0 aliphatic rings. The number of hydrogen-bond acceptors (Lipinski definition) is 3. The number of rotatable bonds is 6. The van der Waals surface area contributed by atoms with Gasteiger partial charge in [0, 0.05) is 0 Å². The van der Waals surface area contributed by atoms with Crippen LogP contribution in [0.25, 0.3) is 10.2 Å². The summed E-state index contributed by atoms with van der Waals surface area (Å²) < 4.78 is 14.3. The van der Waals surface area contributed by atoms with E-state index in [1.807, 2.05) is 42.5 Å². The van der Waals surface area contributed by atoms with E-state index in [1.165, 1.54) is 29.0 Å². The number of carbonyl (C=O) groups excluding carboxylic acids is 1. The fraction of sp³-hybridized carbons (Fsp3) is 0.167. The van der Waals surface area contributed by atoms with Crippen molar-refractivity contribution in [3.05, 3.63) is 95.3 Å². The lowest BCUT2D eigenvalue weighted by molar-refractivity contribution is -0.118. The predicted molar refractivity (Wildman–Crippen MR) is 117 cm³/mol. The van der Waals surface area contributed by atoms with Crippen LogP contribution in [0.15, 0.2) is 72.8 Å². The van der Waals surface area contributed by atoms with Gasteiger partial charge in [0.05, 0.1) is 23.2 Å². The third kappa shape index (κ3) is 4.35. The summed E-state index contributed by atoms with van der Waals surface area (Å²) in [4.78, 5) is 19.8. The SMILES string of the molecule is CCc1cccc2sc(N(Cc3ccccc3)C(=O)Cc3ccc(F)cc3)nc12. The molecular formula is C24H21FN2OS. The number of thiazole rings is 1. The van der Waals surface area contributed by atoms with Crippen molar-refractivity contribution in [2.24, 2.45) is 0 Å². The summed E-state index contributed by atoms with van der Waals surface area (Å²) in [5, 5.41) is 0.692. The Morgan fingerprint density at radius 3 is 2.45 bits per heavy atom. The van der Waals surface area contributed by atoms with Gasteiger partial charge in [0.15, 0.2) is 5.13 Å². The average molecular weight is 405 g/mol. The first-order valence-electron chi connectivity index (χ1n) is 9.61. The van der Waals surface area contributed by atoms with Gasteiger partial charge in [0.2, 0.25) is 5.91 Å². The van der Waals surface area contributed by atoms with Crippen LogP contribution in [0.5, 0.6) is 0 Å². The number of halogens is 1. The quantitative estimate of drug-likeness (QED) is 0.408. The molecule has 0 fully saturated rings. The summed E-state index contributed by atoms with van der Waals surface area (Å²) >= 11 is 1.53. The van der Waals surface area contributed by atoms with E-state index in [2.05, 4.69) is 13.0 Å². The smallest absolute Gasteiger partial charge is 0.233 e. The Morgan fingerprint density at radius 2 is 1.72 bits per heavy atom. The molecule has 5 heteroatoms. The van der Waals surface area contributed by atoms with Crippen LogP contribution in [-0.4, -0.2) is 10.9 Å². The fourth-order valence-electron chi connectivity index (χ4n) is 3.30. The van der Waals surface area contributed by atoms with Crippen molar-refractivity contribution in [2.75, 3.05) is 4.90 Å². The molecule has 146 valence electrons. The summed E-state index contributed by atoms with van der Waals surface area (Å²) in [5.41, 5.74) is 3.96. The van der Waals surface area contributed by atoms with Crippen molar-refractivity contribution < 1.29 is 9.18 Å². The van der Waals surface area contributed by atoms with Crippen molar-refractivity contribution in [3.63, 3.8) is 0 Å². The van der Waals surface area contributed by atoms with E-state index in [0.717, 1.165) is 27.8 Å². The van der Waals surface area contributed by atoms with Gasteiger partial charge in [-0.05, 0) is 41.3 Å². The molecule has 0 atom stereocenters. The second kappa shape index (κ2) is 8.53. The molecule has 1 heterocycles. The first kappa shape index (κ1) is 19.3. The highest BCUT2D eigenvalue weighted by molar-refractivity contribution is 7.22. The van der Waals surface area contributed by atoms with E-state index in [4.69, 9.17) is 4.98 Å². The number of benzene rings is 3. The number of nitrogens with zero attached hydrogens (tertiary/aromatic N) is 2. The van der Waals surface area contributed by atoms with Gasteiger partial charge in [-0.1, -0.05) is 72.9 Å². The summed E-state index contributed by atoms with van der Waals surface area (Å²) in [5.74, 6) is -0.363. The van der Waals surface area contributed by atoms with E-state index >= 15 is 0 Å². The Labute approximate surface area is 173 Å². The average Bonchev–Trinajstić information content (AvgIpc) is 3.18.